The third kappa shape index (κ3) is 2.94. The van der Waals surface area contributed by atoms with Gasteiger partial charge in [0, 0.05) is 58.5 Å². The van der Waals surface area contributed by atoms with E-state index < -0.39 is 0 Å². The number of carbonyl (C=O) groups excluding carboxylic acids is 1. The quantitative estimate of drug-likeness (QED) is 0.837. The van der Waals surface area contributed by atoms with Crippen molar-refractivity contribution in [2.24, 2.45) is 5.92 Å². The molecule has 0 radical (unpaired) electrons. The van der Waals surface area contributed by atoms with Crippen LogP contribution in [-0.2, 0) is 16.1 Å². The molecule has 1 amide bonds. The first kappa shape index (κ1) is 14.5. The van der Waals surface area contributed by atoms with Gasteiger partial charge < -0.3 is 9.64 Å². The Kier molecular flexibility index (Phi) is 4.22. The van der Waals surface area contributed by atoms with Gasteiger partial charge in [-0.3, -0.25) is 14.7 Å². The van der Waals surface area contributed by atoms with Gasteiger partial charge in [0.15, 0.2) is 0 Å². The summed E-state index contributed by atoms with van der Waals surface area (Å²) in [6.45, 7) is 5.30. The molecule has 0 aliphatic carbocycles. The first-order chi connectivity index (χ1) is 10.2. The summed E-state index contributed by atoms with van der Waals surface area (Å²) in [6.07, 6.45) is 4.92. The molecule has 3 rings (SSSR count). The zero-order chi connectivity index (χ0) is 14.8. The van der Waals surface area contributed by atoms with Crippen LogP contribution in [0, 0.1) is 5.92 Å². The van der Waals surface area contributed by atoms with Crippen LogP contribution in [0.5, 0.6) is 0 Å². The molecule has 3 heterocycles. The van der Waals surface area contributed by atoms with E-state index in [1.807, 2.05) is 17.2 Å². The zero-order valence-corrected chi connectivity index (χ0v) is 12.7. The van der Waals surface area contributed by atoms with Crippen molar-refractivity contribution in [3.8, 4) is 0 Å². The topological polar surface area (TPSA) is 45.7 Å². The number of piperidine rings is 1. The Labute approximate surface area is 125 Å². The number of pyridine rings is 1. The Morgan fingerprint density at radius 3 is 3.00 bits per heavy atom. The number of aromatic nitrogens is 1. The fraction of sp³-hybridized carbons (Fsp3) is 0.625. The highest BCUT2D eigenvalue weighted by atomic mass is 16.5. The molecule has 0 aromatic carbocycles. The molecule has 2 aliphatic rings. The first-order valence-corrected chi connectivity index (χ1v) is 7.60. The summed E-state index contributed by atoms with van der Waals surface area (Å²) in [5, 5.41) is 0. The van der Waals surface area contributed by atoms with E-state index in [0.29, 0.717) is 5.92 Å². The van der Waals surface area contributed by atoms with Crippen molar-refractivity contribution < 1.29 is 9.53 Å². The highest BCUT2D eigenvalue weighted by Gasteiger charge is 2.45. The fourth-order valence-corrected chi connectivity index (χ4v) is 3.80. The second kappa shape index (κ2) is 6.12. The molecule has 114 valence electrons. The second-order valence-electron chi connectivity index (χ2n) is 6.06. The maximum atomic E-state index is 11.9. The number of ether oxygens (including phenoxy) is 1. The van der Waals surface area contributed by atoms with Gasteiger partial charge in [-0.1, -0.05) is 6.07 Å². The number of nitrogens with zero attached hydrogens (tertiary/aromatic N) is 3. The number of methoxy groups -OCH3 is 1. The van der Waals surface area contributed by atoms with Gasteiger partial charge in [0.2, 0.25) is 5.91 Å². The SMILES string of the molecule is CO[C@H]1CCN(C(C)=O)[C@@H]2CN(Cc3cccnc3)C[C@H]12. The van der Waals surface area contributed by atoms with Gasteiger partial charge >= 0.3 is 0 Å². The van der Waals surface area contributed by atoms with Crippen LogP contribution in [0.15, 0.2) is 24.5 Å². The summed E-state index contributed by atoms with van der Waals surface area (Å²) >= 11 is 0. The van der Waals surface area contributed by atoms with Crippen molar-refractivity contribution in [1.82, 2.24) is 14.8 Å². The Morgan fingerprint density at radius 1 is 1.48 bits per heavy atom. The molecule has 2 fully saturated rings. The van der Waals surface area contributed by atoms with Crippen molar-refractivity contribution in [3.63, 3.8) is 0 Å². The Bertz CT molecular complexity index is 494. The number of likely N-dealkylation sites (tertiary alicyclic amines) is 2. The lowest BCUT2D eigenvalue weighted by Gasteiger charge is -2.40. The van der Waals surface area contributed by atoms with Gasteiger partial charge in [-0.2, -0.15) is 0 Å². The lowest BCUT2D eigenvalue weighted by Crippen LogP contribution is -2.52. The van der Waals surface area contributed by atoms with Crippen molar-refractivity contribution >= 4 is 5.91 Å². The van der Waals surface area contributed by atoms with Crippen LogP contribution in [0.3, 0.4) is 0 Å². The number of hydrogen-bond donors (Lipinski definition) is 0. The summed E-state index contributed by atoms with van der Waals surface area (Å²) < 4.78 is 5.65. The number of amides is 1. The largest absolute Gasteiger partial charge is 0.381 e. The summed E-state index contributed by atoms with van der Waals surface area (Å²) in [4.78, 5) is 20.5. The molecule has 0 spiro atoms. The van der Waals surface area contributed by atoms with Gasteiger partial charge in [0.1, 0.15) is 0 Å². The van der Waals surface area contributed by atoms with Crippen LogP contribution >= 0.6 is 0 Å². The molecule has 1 aromatic heterocycles. The minimum absolute atomic E-state index is 0.183. The molecule has 0 bridgehead atoms. The highest BCUT2D eigenvalue weighted by molar-refractivity contribution is 5.73. The minimum atomic E-state index is 0.183. The lowest BCUT2D eigenvalue weighted by atomic mass is 9.89. The fourth-order valence-electron chi connectivity index (χ4n) is 3.80. The van der Waals surface area contributed by atoms with E-state index in [1.165, 1.54) is 5.56 Å². The molecule has 0 saturated carbocycles. The van der Waals surface area contributed by atoms with Crippen LogP contribution < -0.4 is 0 Å². The van der Waals surface area contributed by atoms with E-state index in [-0.39, 0.29) is 18.1 Å². The third-order valence-corrected chi connectivity index (χ3v) is 4.78. The van der Waals surface area contributed by atoms with Crippen molar-refractivity contribution in [1.29, 1.82) is 0 Å². The number of carbonyl (C=O) groups is 1. The summed E-state index contributed by atoms with van der Waals surface area (Å²) in [5.41, 5.74) is 1.22. The molecule has 0 unspecified atom stereocenters. The van der Waals surface area contributed by atoms with Gasteiger partial charge in [0.25, 0.3) is 0 Å². The van der Waals surface area contributed by atoms with E-state index in [4.69, 9.17) is 4.74 Å². The standard InChI is InChI=1S/C16H23N3O2/c1-12(20)19-7-5-16(21-2)14-10-18(11-15(14)19)9-13-4-3-6-17-8-13/h3-4,6,8,14-16H,5,7,9-11H2,1-2H3/t14-,15+,16-/m0/s1. The van der Waals surface area contributed by atoms with E-state index in [2.05, 4.69) is 16.0 Å². The highest BCUT2D eigenvalue weighted by Crippen LogP contribution is 2.33. The van der Waals surface area contributed by atoms with Crippen LogP contribution in [-0.4, -0.2) is 59.6 Å². The van der Waals surface area contributed by atoms with Crippen LogP contribution in [0.25, 0.3) is 0 Å². The Hall–Kier alpha value is -1.46. The predicted octanol–water partition coefficient (Wildman–Crippen LogP) is 1.15. The van der Waals surface area contributed by atoms with Crippen LogP contribution in [0.2, 0.25) is 0 Å². The average molecular weight is 289 g/mol. The van der Waals surface area contributed by atoms with E-state index in [1.54, 1.807) is 20.2 Å². The first-order valence-electron chi connectivity index (χ1n) is 7.60. The van der Waals surface area contributed by atoms with Crippen molar-refractivity contribution in [2.75, 3.05) is 26.7 Å². The average Bonchev–Trinajstić information content (AvgIpc) is 2.90. The van der Waals surface area contributed by atoms with Gasteiger partial charge in [-0.15, -0.1) is 0 Å². The smallest absolute Gasteiger partial charge is 0.219 e. The van der Waals surface area contributed by atoms with Crippen LogP contribution in [0.4, 0.5) is 0 Å². The maximum Gasteiger partial charge on any atom is 0.219 e. The summed E-state index contributed by atoms with van der Waals surface area (Å²) in [6, 6.07) is 4.36. The second-order valence-corrected chi connectivity index (χ2v) is 6.06. The molecular formula is C16H23N3O2. The summed E-state index contributed by atoms with van der Waals surface area (Å²) in [7, 11) is 1.79. The monoisotopic (exact) mass is 289 g/mol. The van der Waals surface area contributed by atoms with E-state index in [0.717, 1.165) is 32.6 Å². The number of fused-ring (bicyclic) bond motifs is 1. The Balaban J connectivity index is 1.72. The molecule has 0 N–H and O–H groups in total. The minimum Gasteiger partial charge on any atom is -0.381 e. The number of hydrogen-bond acceptors (Lipinski definition) is 4. The maximum absolute atomic E-state index is 11.9. The normalized spacial score (nSPS) is 29.4. The Morgan fingerprint density at radius 2 is 2.33 bits per heavy atom. The molecular weight excluding hydrogens is 266 g/mol. The molecule has 21 heavy (non-hydrogen) atoms. The van der Waals surface area contributed by atoms with Gasteiger partial charge in [0.05, 0.1) is 12.1 Å². The van der Waals surface area contributed by atoms with Crippen LogP contribution in [0.1, 0.15) is 18.9 Å². The molecule has 5 heteroatoms. The van der Waals surface area contributed by atoms with Gasteiger partial charge in [-0.25, -0.2) is 0 Å². The molecule has 1 aromatic rings. The van der Waals surface area contributed by atoms with Crippen molar-refractivity contribution in [2.45, 2.75) is 32.0 Å². The van der Waals surface area contributed by atoms with Crippen molar-refractivity contribution in [3.05, 3.63) is 30.1 Å². The number of rotatable bonds is 3. The summed E-state index contributed by atoms with van der Waals surface area (Å²) in [5.74, 6) is 0.604. The van der Waals surface area contributed by atoms with E-state index in [9.17, 15) is 4.79 Å². The van der Waals surface area contributed by atoms with Gasteiger partial charge in [-0.05, 0) is 18.1 Å². The molecule has 2 aliphatic heterocycles. The molecule has 2 saturated heterocycles. The predicted molar refractivity (Wildman–Crippen MR) is 79.6 cm³/mol. The molecule has 3 atom stereocenters. The van der Waals surface area contributed by atoms with E-state index >= 15 is 0 Å². The lowest BCUT2D eigenvalue weighted by molar-refractivity contribution is -0.136. The molecule has 5 nitrogen and oxygen atoms in total. The third-order valence-electron chi connectivity index (χ3n) is 4.78. The zero-order valence-electron chi connectivity index (χ0n) is 12.7.